The minimum absolute atomic E-state index is 0.430. The first kappa shape index (κ1) is 8.43. The lowest BCUT2D eigenvalue weighted by molar-refractivity contribution is -0.373. The maximum Gasteiger partial charge on any atom is 0.487 e. The molecule has 0 aromatic carbocycles. The molecule has 72 valence electrons. The van der Waals surface area contributed by atoms with Crippen molar-refractivity contribution >= 4 is 21.3 Å². The number of phosphoric acid groups is 1. The lowest BCUT2D eigenvalue weighted by atomic mass is 10.2. The van der Waals surface area contributed by atoms with Crippen molar-refractivity contribution in [1.82, 2.24) is 0 Å². The fraction of sp³-hybridized carbons (Fsp3) is 0.667. The molecule has 10 heteroatoms. The van der Waals surface area contributed by atoms with Gasteiger partial charge in [-0.2, -0.15) is 0 Å². The van der Waals surface area contributed by atoms with Crippen LogP contribution in [0.15, 0.2) is 0 Å². The van der Waals surface area contributed by atoms with E-state index in [4.69, 9.17) is 0 Å². The van der Waals surface area contributed by atoms with E-state index in [0.29, 0.717) is 0 Å². The van der Waals surface area contributed by atoms with Crippen molar-refractivity contribution in [3.8, 4) is 0 Å². The molecular weight excluding hydrogens is 226 g/mol. The fourth-order valence-electron chi connectivity index (χ4n) is 1.11. The molecule has 0 spiro atoms. The molecule has 0 aromatic heterocycles. The molecule has 3 fully saturated rings. The lowest BCUT2D eigenvalue weighted by Crippen LogP contribution is -2.56. The van der Waals surface area contributed by atoms with Crippen LogP contribution < -0.4 is 4.89 Å². The zero-order chi connectivity index (χ0) is 9.48. The molecule has 2 N–H and O–H groups in total. The van der Waals surface area contributed by atoms with Crippen LogP contribution in [0.5, 0.6) is 0 Å². The van der Waals surface area contributed by atoms with Crippen molar-refractivity contribution in [1.29, 1.82) is 0 Å². The molecule has 2 unspecified atom stereocenters. The highest BCUT2D eigenvalue weighted by Gasteiger charge is 2.86. The maximum atomic E-state index is 11.0. The van der Waals surface area contributed by atoms with Gasteiger partial charge in [0.2, 0.25) is 0 Å². The van der Waals surface area contributed by atoms with Crippen LogP contribution in [0.1, 0.15) is 0 Å². The minimum atomic E-state index is -3.86. The van der Waals surface area contributed by atoms with Gasteiger partial charge in [0, 0.05) is 0 Å². The summed E-state index contributed by atoms with van der Waals surface area (Å²) in [5.41, 5.74) is -0.430. The van der Waals surface area contributed by atoms with Crippen molar-refractivity contribution in [2.24, 2.45) is 0 Å². The molecule has 0 radical (unpaired) electrons. The number of phosphoric ester groups is 1. The first-order valence-electron chi connectivity index (χ1n) is 3.08. The van der Waals surface area contributed by atoms with E-state index in [0.717, 1.165) is 0 Å². The third-order valence-electron chi connectivity index (χ3n) is 1.74. The molecule has 0 aliphatic carbocycles. The van der Waals surface area contributed by atoms with Crippen molar-refractivity contribution in [2.45, 2.75) is 11.8 Å². The summed E-state index contributed by atoms with van der Waals surface area (Å²) in [5.74, 6) is -5.09. The minimum Gasteiger partial charge on any atom is -0.600 e. The van der Waals surface area contributed by atoms with Crippen LogP contribution in [0.25, 0.3) is 0 Å². The normalized spacial score (nSPS) is 60.8. The van der Waals surface area contributed by atoms with Crippen LogP contribution in [0.2, 0.25) is 0 Å². The molecule has 0 amide bonds. The first-order chi connectivity index (χ1) is 5.89. The number of hydrogen-bond donors (Lipinski definition) is 2. The largest absolute Gasteiger partial charge is 0.600 e. The van der Waals surface area contributed by atoms with Crippen LogP contribution in [-0.2, 0) is 22.7 Å². The Morgan fingerprint density at radius 3 is 2.23 bits per heavy atom. The number of hydrogen-bond acceptors (Lipinski definition) is 8. The Hall–Kier alpha value is 0.120. The number of rotatable bonds is 1. The molecular formula is C3H2O8P2. The summed E-state index contributed by atoms with van der Waals surface area (Å²) in [5, 5.41) is 18.7. The summed E-state index contributed by atoms with van der Waals surface area (Å²) in [6.07, 6.45) is 0. The smallest absolute Gasteiger partial charge is 0.487 e. The van der Waals surface area contributed by atoms with Crippen LogP contribution in [0.4, 0.5) is 0 Å². The van der Waals surface area contributed by atoms with Crippen molar-refractivity contribution in [3.05, 3.63) is 0 Å². The summed E-state index contributed by atoms with van der Waals surface area (Å²) in [6, 6.07) is 0. The molecule has 4 rings (SSSR count). The third kappa shape index (κ3) is 0.811. The second kappa shape index (κ2) is 1.90. The van der Waals surface area contributed by atoms with Gasteiger partial charge < -0.3 is 15.1 Å². The molecule has 4 heterocycles. The first-order valence-corrected chi connectivity index (χ1v) is 5.72. The van der Waals surface area contributed by atoms with Gasteiger partial charge in [0.05, 0.1) is 0 Å². The van der Waals surface area contributed by atoms with Crippen LogP contribution in [0.3, 0.4) is 0 Å². The average molecular weight is 228 g/mol. The topological polar surface area (TPSA) is 121 Å². The maximum absolute atomic E-state index is 11.0. The Kier molecular flexibility index (Phi) is 1.23. The molecule has 0 saturated carbocycles. The van der Waals surface area contributed by atoms with Gasteiger partial charge in [-0.25, -0.2) is 18.1 Å². The average Bonchev–Trinajstić information content (AvgIpc) is 2.54. The summed E-state index contributed by atoms with van der Waals surface area (Å²) in [6.45, 7) is 0. The van der Waals surface area contributed by atoms with E-state index in [9.17, 15) is 19.7 Å². The van der Waals surface area contributed by atoms with E-state index < -0.39 is 33.1 Å². The van der Waals surface area contributed by atoms with Gasteiger partial charge >= 0.3 is 25.1 Å². The molecule has 4 aliphatic heterocycles. The van der Waals surface area contributed by atoms with Gasteiger partial charge in [-0.15, -0.1) is 0 Å². The van der Waals surface area contributed by atoms with Crippen LogP contribution >= 0.6 is 15.8 Å². The highest BCUT2D eigenvalue weighted by Crippen LogP contribution is 2.77. The van der Waals surface area contributed by atoms with Gasteiger partial charge in [-0.3, -0.25) is 0 Å². The van der Waals surface area contributed by atoms with E-state index >= 15 is 0 Å². The van der Waals surface area contributed by atoms with Crippen LogP contribution in [0, 0.1) is 0 Å². The van der Waals surface area contributed by atoms with Gasteiger partial charge in [0.1, 0.15) is 0 Å². The molecule has 2 atom stereocenters. The predicted octanol–water partition coefficient (Wildman–Crippen LogP) is -1.66. The Labute approximate surface area is 71.8 Å². The molecule has 3 saturated heterocycles. The summed E-state index contributed by atoms with van der Waals surface area (Å²) >= 11 is 0. The SMILES string of the molecule is O=P12OC(O)(O1)C(O)(C1=[P+]([O-])O1)O2. The van der Waals surface area contributed by atoms with E-state index in [1.807, 2.05) is 0 Å². The highest BCUT2D eigenvalue weighted by molar-refractivity contribution is 7.56. The Morgan fingerprint density at radius 1 is 1.38 bits per heavy atom. The second-order valence-corrected chi connectivity index (χ2v) is 5.15. The van der Waals surface area contributed by atoms with Crippen molar-refractivity contribution < 1.29 is 37.8 Å². The summed E-state index contributed by atoms with van der Waals surface area (Å²) < 4.78 is 28.2. The van der Waals surface area contributed by atoms with E-state index in [2.05, 4.69) is 18.1 Å². The number of aliphatic hydroxyl groups is 2. The zero-order valence-electron chi connectivity index (χ0n) is 5.74. The summed E-state index contributed by atoms with van der Waals surface area (Å²) in [4.78, 5) is 10.6. The van der Waals surface area contributed by atoms with E-state index in [1.54, 1.807) is 0 Å². The van der Waals surface area contributed by atoms with Crippen LogP contribution in [-0.4, -0.2) is 27.5 Å². The Balaban J connectivity index is 2.07. The lowest BCUT2D eigenvalue weighted by Gasteiger charge is -2.29. The second-order valence-electron chi connectivity index (χ2n) is 2.60. The van der Waals surface area contributed by atoms with E-state index in [-0.39, 0.29) is 0 Å². The Morgan fingerprint density at radius 2 is 1.92 bits per heavy atom. The quantitative estimate of drug-likeness (QED) is 0.511. The fourth-order valence-corrected chi connectivity index (χ4v) is 3.42. The molecule has 8 nitrogen and oxygen atoms in total. The van der Waals surface area contributed by atoms with Gasteiger partial charge in [0.15, 0.2) is 0 Å². The number of fused-ring (bicyclic) bond motifs is 1. The third-order valence-corrected chi connectivity index (χ3v) is 4.07. The van der Waals surface area contributed by atoms with Gasteiger partial charge in [-0.1, -0.05) is 4.52 Å². The van der Waals surface area contributed by atoms with E-state index in [1.165, 1.54) is 0 Å². The predicted molar refractivity (Wildman–Crippen MR) is 33.8 cm³/mol. The van der Waals surface area contributed by atoms with Gasteiger partial charge in [-0.05, 0) is 0 Å². The highest BCUT2D eigenvalue weighted by atomic mass is 31.2. The molecule has 13 heavy (non-hydrogen) atoms. The molecule has 0 aromatic rings. The molecule has 2 bridgehead atoms. The van der Waals surface area contributed by atoms with Crippen molar-refractivity contribution in [3.63, 3.8) is 0 Å². The van der Waals surface area contributed by atoms with Crippen molar-refractivity contribution in [2.75, 3.05) is 0 Å². The Bertz CT molecular complexity index is 377. The zero-order valence-corrected chi connectivity index (χ0v) is 7.53. The monoisotopic (exact) mass is 228 g/mol. The van der Waals surface area contributed by atoms with Gasteiger partial charge in [0.25, 0.3) is 8.00 Å². The molecule has 4 aliphatic rings. The summed E-state index contributed by atoms with van der Waals surface area (Å²) in [7, 11) is -6.05. The standard InChI is InChI=1S/C3H2O8P2/c4-2(1-8-12(1)6)3(5)10-13(7,9-2)11-3/h4-5H.